The smallest absolute Gasteiger partial charge is 0.241 e. The van der Waals surface area contributed by atoms with Crippen LogP contribution in [0.1, 0.15) is 31.2 Å². The van der Waals surface area contributed by atoms with Crippen molar-refractivity contribution in [3.05, 3.63) is 54.1 Å². The van der Waals surface area contributed by atoms with Crippen molar-refractivity contribution in [2.24, 2.45) is 0 Å². The topological polar surface area (TPSA) is 38.8 Å². The standard InChI is InChI=1S/C21H24ClNO3/c1-16(17-7-3-2-4-8-17)6-5-11-23(21(24)15-22)18-9-10-19-20(14-18)26-13-12-25-19/h2-4,7-10,14,16H,5-6,11-13,15H2,1H3. The van der Waals surface area contributed by atoms with Gasteiger partial charge >= 0.3 is 0 Å². The summed E-state index contributed by atoms with van der Waals surface area (Å²) in [5.74, 6) is 1.71. The summed E-state index contributed by atoms with van der Waals surface area (Å²) >= 11 is 5.83. The Labute approximate surface area is 159 Å². The van der Waals surface area contributed by atoms with Gasteiger partial charge in [-0.15, -0.1) is 11.6 Å². The zero-order valence-corrected chi connectivity index (χ0v) is 15.7. The fourth-order valence-corrected chi connectivity index (χ4v) is 3.32. The summed E-state index contributed by atoms with van der Waals surface area (Å²) < 4.78 is 11.2. The molecule has 1 aliphatic heterocycles. The average molecular weight is 374 g/mol. The van der Waals surface area contributed by atoms with Gasteiger partial charge < -0.3 is 14.4 Å². The van der Waals surface area contributed by atoms with E-state index in [4.69, 9.17) is 21.1 Å². The molecule has 1 heterocycles. The van der Waals surface area contributed by atoms with Crippen LogP contribution < -0.4 is 14.4 Å². The first-order valence-electron chi connectivity index (χ1n) is 9.00. The molecule has 0 bridgehead atoms. The molecule has 2 aromatic rings. The summed E-state index contributed by atoms with van der Waals surface area (Å²) in [4.78, 5) is 14.1. The van der Waals surface area contributed by atoms with Gasteiger partial charge in [-0.25, -0.2) is 0 Å². The van der Waals surface area contributed by atoms with Gasteiger partial charge in [-0.1, -0.05) is 37.3 Å². The number of amides is 1. The van der Waals surface area contributed by atoms with Crippen molar-refractivity contribution in [3.8, 4) is 11.5 Å². The molecule has 0 saturated carbocycles. The summed E-state index contributed by atoms with van der Waals surface area (Å²) in [7, 11) is 0. The van der Waals surface area contributed by atoms with Crippen molar-refractivity contribution in [3.63, 3.8) is 0 Å². The minimum atomic E-state index is -0.101. The summed E-state index contributed by atoms with van der Waals surface area (Å²) in [6, 6.07) is 16.0. The van der Waals surface area contributed by atoms with E-state index < -0.39 is 0 Å². The van der Waals surface area contributed by atoms with E-state index in [1.54, 1.807) is 4.90 Å². The van der Waals surface area contributed by atoms with Gasteiger partial charge in [0.15, 0.2) is 11.5 Å². The van der Waals surface area contributed by atoms with Crippen molar-refractivity contribution < 1.29 is 14.3 Å². The summed E-state index contributed by atoms with van der Waals surface area (Å²) in [5, 5.41) is 0. The normalized spacial score (nSPS) is 13.9. The second-order valence-corrected chi connectivity index (χ2v) is 6.73. The molecular formula is C21H24ClNO3. The largest absolute Gasteiger partial charge is 0.486 e. The molecule has 1 amide bonds. The van der Waals surface area contributed by atoms with Gasteiger partial charge in [0.1, 0.15) is 19.1 Å². The first kappa shape index (κ1) is 18.6. The molecule has 0 fully saturated rings. The van der Waals surface area contributed by atoms with E-state index in [1.165, 1.54) is 5.56 Å². The van der Waals surface area contributed by atoms with E-state index in [9.17, 15) is 4.79 Å². The minimum Gasteiger partial charge on any atom is -0.486 e. The van der Waals surface area contributed by atoms with E-state index in [-0.39, 0.29) is 11.8 Å². The Morgan fingerprint density at radius 3 is 2.58 bits per heavy atom. The van der Waals surface area contributed by atoms with Crippen molar-refractivity contribution >= 4 is 23.2 Å². The number of hydrogen-bond acceptors (Lipinski definition) is 3. The van der Waals surface area contributed by atoms with E-state index >= 15 is 0 Å². The lowest BCUT2D eigenvalue weighted by Crippen LogP contribution is -2.33. The first-order chi connectivity index (χ1) is 12.7. The van der Waals surface area contributed by atoms with Gasteiger partial charge in [0.05, 0.1) is 0 Å². The van der Waals surface area contributed by atoms with E-state index in [0.717, 1.165) is 24.3 Å². The van der Waals surface area contributed by atoms with Crippen LogP contribution in [0, 0.1) is 0 Å². The molecular weight excluding hydrogens is 350 g/mol. The summed E-state index contributed by atoms with van der Waals surface area (Å²) in [6.07, 6.45) is 1.90. The molecule has 0 aromatic heterocycles. The number of benzene rings is 2. The molecule has 1 aliphatic rings. The van der Waals surface area contributed by atoms with E-state index in [2.05, 4.69) is 31.2 Å². The Morgan fingerprint density at radius 1 is 1.12 bits per heavy atom. The Balaban J connectivity index is 1.66. The Morgan fingerprint density at radius 2 is 1.85 bits per heavy atom. The molecule has 1 atom stereocenters. The van der Waals surface area contributed by atoms with Gasteiger partial charge in [0.25, 0.3) is 0 Å². The number of hydrogen-bond donors (Lipinski definition) is 0. The maximum atomic E-state index is 12.3. The van der Waals surface area contributed by atoms with Gasteiger partial charge in [0.2, 0.25) is 5.91 Å². The molecule has 5 heteroatoms. The number of anilines is 1. The fraction of sp³-hybridized carbons (Fsp3) is 0.381. The van der Waals surface area contributed by atoms with E-state index in [0.29, 0.717) is 31.4 Å². The molecule has 2 aromatic carbocycles. The van der Waals surface area contributed by atoms with Crippen molar-refractivity contribution in [2.45, 2.75) is 25.7 Å². The highest BCUT2D eigenvalue weighted by atomic mass is 35.5. The van der Waals surface area contributed by atoms with Crippen LogP contribution in [0.4, 0.5) is 5.69 Å². The highest BCUT2D eigenvalue weighted by Crippen LogP contribution is 2.34. The van der Waals surface area contributed by atoms with Crippen molar-refractivity contribution in [2.75, 3.05) is 30.5 Å². The molecule has 0 aliphatic carbocycles. The maximum absolute atomic E-state index is 12.3. The predicted molar refractivity (Wildman–Crippen MR) is 105 cm³/mol. The third-order valence-corrected chi connectivity index (χ3v) is 4.87. The third kappa shape index (κ3) is 4.50. The predicted octanol–water partition coefficient (Wildman–Crippen LogP) is 4.61. The Bertz CT molecular complexity index is 735. The third-order valence-electron chi connectivity index (χ3n) is 4.64. The van der Waals surface area contributed by atoms with Crippen LogP contribution in [0.15, 0.2) is 48.5 Å². The van der Waals surface area contributed by atoms with Crippen LogP contribution in [-0.4, -0.2) is 31.5 Å². The van der Waals surface area contributed by atoms with Crippen LogP contribution in [0.3, 0.4) is 0 Å². The zero-order chi connectivity index (χ0) is 18.4. The van der Waals surface area contributed by atoms with Crippen LogP contribution in [0.5, 0.6) is 11.5 Å². The number of ether oxygens (including phenoxy) is 2. The number of fused-ring (bicyclic) bond motifs is 1. The molecule has 4 nitrogen and oxygen atoms in total. The number of carbonyl (C=O) groups excluding carboxylic acids is 1. The Hall–Kier alpha value is -2.20. The van der Waals surface area contributed by atoms with Crippen LogP contribution >= 0.6 is 11.6 Å². The molecule has 26 heavy (non-hydrogen) atoms. The van der Waals surface area contributed by atoms with Crippen LogP contribution in [0.2, 0.25) is 0 Å². The molecule has 0 saturated heterocycles. The van der Waals surface area contributed by atoms with Crippen LogP contribution in [0.25, 0.3) is 0 Å². The van der Waals surface area contributed by atoms with Gasteiger partial charge in [-0.2, -0.15) is 0 Å². The lowest BCUT2D eigenvalue weighted by atomic mass is 9.96. The molecule has 0 spiro atoms. The second-order valence-electron chi connectivity index (χ2n) is 6.46. The number of nitrogens with zero attached hydrogens (tertiary/aromatic N) is 1. The number of halogens is 1. The minimum absolute atomic E-state index is 0.0390. The highest BCUT2D eigenvalue weighted by Gasteiger charge is 2.19. The maximum Gasteiger partial charge on any atom is 0.241 e. The number of rotatable bonds is 7. The average Bonchev–Trinajstić information content (AvgIpc) is 2.71. The lowest BCUT2D eigenvalue weighted by Gasteiger charge is -2.25. The quantitative estimate of drug-likeness (QED) is 0.665. The Kier molecular flexibility index (Phi) is 6.40. The zero-order valence-electron chi connectivity index (χ0n) is 15.0. The molecule has 1 unspecified atom stereocenters. The summed E-state index contributed by atoms with van der Waals surface area (Å²) in [5.41, 5.74) is 2.12. The van der Waals surface area contributed by atoms with Gasteiger partial charge in [-0.3, -0.25) is 4.79 Å². The second kappa shape index (κ2) is 8.95. The van der Waals surface area contributed by atoms with Crippen molar-refractivity contribution in [1.29, 1.82) is 0 Å². The molecule has 0 N–H and O–H groups in total. The highest BCUT2D eigenvalue weighted by molar-refractivity contribution is 6.29. The SMILES string of the molecule is CC(CCCN(C(=O)CCl)c1ccc2c(c1)OCCO2)c1ccccc1. The first-order valence-corrected chi connectivity index (χ1v) is 9.53. The van der Waals surface area contributed by atoms with E-state index in [1.807, 2.05) is 24.3 Å². The lowest BCUT2D eigenvalue weighted by molar-refractivity contribution is -0.116. The van der Waals surface area contributed by atoms with Crippen molar-refractivity contribution in [1.82, 2.24) is 0 Å². The number of alkyl halides is 1. The molecule has 138 valence electrons. The number of carbonyl (C=O) groups is 1. The monoisotopic (exact) mass is 373 g/mol. The fourth-order valence-electron chi connectivity index (χ4n) is 3.17. The molecule has 3 rings (SSSR count). The van der Waals surface area contributed by atoms with Gasteiger partial charge in [-0.05, 0) is 36.5 Å². The molecule has 0 radical (unpaired) electrons. The van der Waals surface area contributed by atoms with Gasteiger partial charge in [0, 0.05) is 18.3 Å². The summed E-state index contributed by atoms with van der Waals surface area (Å²) in [6.45, 7) is 3.91. The van der Waals surface area contributed by atoms with Crippen LogP contribution in [-0.2, 0) is 4.79 Å².